The van der Waals surface area contributed by atoms with Crippen molar-refractivity contribution in [2.45, 2.75) is 30.9 Å². The molecule has 3 nitrogen and oxygen atoms in total. The van der Waals surface area contributed by atoms with Crippen LogP contribution in [0.5, 0.6) is 0 Å². The Kier molecular flexibility index (Phi) is 3.78. The number of benzene rings is 2. The zero-order valence-electron chi connectivity index (χ0n) is 14.5. The molecule has 26 heavy (non-hydrogen) atoms. The summed E-state index contributed by atoms with van der Waals surface area (Å²) < 4.78 is 6.34. The summed E-state index contributed by atoms with van der Waals surface area (Å²) in [5.41, 5.74) is 4.30. The van der Waals surface area contributed by atoms with Crippen LogP contribution in [0.1, 0.15) is 53.4 Å². The maximum atomic E-state index is 6.34. The first kappa shape index (κ1) is 15.3. The molecule has 5 rings (SSSR count). The number of aliphatic imine (C=N–C) groups is 1. The third-order valence-electron chi connectivity index (χ3n) is 5.04. The number of pyridine rings is 1. The van der Waals surface area contributed by atoms with E-state index in [1.165, 1.54) is 12.8 Å². The fourth-order valence-electron chi connectivity index (χ4n) is 3.51. The van der Waals surface area contributed by atoms with Gasteiger partial charge in [0.25, 0.3) is 0 Å². The first-order valence-corrected chi connectivity index (χ1v) is 9.20. The molecule has 0 N–H and O–H groups in total. The monoisotopic (exact) mass is 340 g/mol. The van der Waals surface area contributed by atoms with E-state index in [0.29, 0.717) is 11.8 Å². The van der Waals surface area contributed by atoms with Gasteiger partial charge in [-0.05, 0) is 36.1 Å². The predicted octanol–water partition coefficient (Wildman–Crippen LogP) is 5.22. The van der Waals surface area contributed by atoms with E-state index in [2.05, 4.69) is 48.5 Å². The molecule has 2 unspecified atom stereocenters. The fourth-order valence-corrected chi connectivity index (χ4v) is 3.51. The number of hydrogen-bond acceptors (Lipinski definition) is 3. The first-order chi connectivity index (χ1) is 12.9. The molecule has 1 aromatic heterocycles. The highest BCUT2D eigenvalue weighted by Gasteiger charge is 2.35. The smallest absolute Gasteiger partial charge is 0.236 e. The van der Waals surface area contributed by atoms with Crippen LogP contribution < -0.4 is 0 Å². The van der Waals surface area contributed by atoms with Crippen LogP contribution in [-0.4, -0.2) is 10.9 Å². The van der Waals surface area contributed by atoms with E-state index in [4.69, 9.17) is 14.7 Å². The number of hydrogen-bond donors (Lipinski definition) is 0. The van der Waals surface area contributed by atoms with Crippen molar-refractivity contribution in [2.75, 3.05) is 0 Å². The molecule has 0 saturated heterocycles. The van der Waals surface area contributed by atoms with Gasteiger partial charge in [0, 0.05) is 11.6 Å². The fraction of sp³-hybridized carbons (Fsp3) is 0.217. The summed E-state index contributed by atoms with van der Waals surface area (Å²) in [6, 6.07) is 26.8. The van der Waals surface area contributed by atoms with Crippen LogP contribution in [-0.2, 0) is 4.74 Å². The summed E-state index contributed by atoms with van der Waals surface area (Å²) in [4.78, 5) is 9.76. The van der Waals surface area contributed by atoms with E-state index in [9.17, 15) is 0 Å². The molecule has 2 atom stereocenters. The van der Waals surface area contributed by atoms with E-state index < -0.39 is 0 Å². The van der Waals surface area contributed by atoms with Gasteiger partial charge in [-0.1, -0.05) is 66.7 Å². The van der Waals surface area contributed by atoms with Gasteiger partial charge in [-0.15, -0.1) is 0 Å². The third-order valence-corrected chi connectivity index (χ3v) is 5.04. The minimum atomic E-state index is -0.125. The van der Waals surface area contributed by atoms with Crippen molar-refractivity contribution in [1.29, 1.82) is 0 Å². The topological polar surface area (TPSA) is 34.5 Å². The van der Waals surface area contributed by atoms with Crippen molar-refractivity contribution >= 4 is 5.90 Å². The van der Waals surface area contributed by atoms with Gasteiger partial charge in [0.05, 0.1) is 0 Å². The highest BCUT2D eigenvalue weighted by molar-refractivity contribution is 5.93. The van der Waals surface area contributed by atoms with Gasteiger partial charge in [-0.3, -0.25) is 0 Å². The van der Waals surface area contributed by atoms with Gasteiger partial charge in [0.15, 0.2) is 6.10 Å². The molecule has 1 aliphatic carbocycles. The Morgan fingerprint density at radius 3 is 2.12 bits per heavy atom. The molecule has 0 amide bonds. The number of nitrogens with zero attached hydrogens (tertiary/aromatic N) is 2. The van der Waals surface area contributed by atoms with Crippen LogP contribution in [0, 0.1) is 0 Å². The van der Waals surface area contributed by atoms with Crippen molar-refractivity contribution in [2.24, 2.45) is 4.99 Å². The summed E-state index contributed by atoms with van der Waals surface area (Å²) in [5, 5.41) is 0. The molecule has 0 radical (unpaired) electrons. The Bertz CT molecular complexity index is 933. The highest BCUT2D eigenvalue weighted by Crippen LogP contribution is 2.42. The lowest BCUT2D eigenvalue weighted by Crippen LogP contribution is -2.10. The minimum absolute atomic E-state index is 0.0556. The van der Waals surface area contributed by atoms with E-state index in [-0.39, 0.29) is 12.1 Å². The molecule has 0 bridgehead atoms. The number of rotatable bonds is 4. The van der Waals surface area contributed by atoms with Gasteiger partial charge >= 0.3 is 0 Å². The van der Waals surface area contributed by atoms with Crippen molar-refractivity contribution in [3.63, 3.8) is 0 Å². The maximum Gasteiger partial charge on any atom is 0.236 e. The second-order valence-corrected chi connectivity index (χ2v) is 6.96. The molecular weight excluding hydrogens is 320 g/mol. The van der Waals surface area contributed by atoms with Gasteiger partial charge in [-0.25, -0.2) is 9.98 Å². The second kappa shape index (κ2) is 6.41. The second-order valence-electron chi connectivity index (χ2n) is 6.96. The molecule has 1 saturated carbocycles. The quantitative estimate of drug-likeness (QED) is 0.653. The molecule has 2 aromatic carbocycles. The molecule has 2 heterocycles. The minimum Gasteiger partial charge on any atom is -0.465 e. The lowest BCUT2D eigenvalue weighted by atomic mass is 9.97. The SMILES string of the molecule is c1ccc(C2N=C(c3cccc(C4CC4)n3)OC2c2ccccc2)cc1. The van der Waals surface area contributed by atoms with Crippen LogP contribution in [0.15, 0.2) is 83.9 Å². The Morgan fingerprint density at radius 1 is 0.731 bits per heavy atom. The van der Waals surface area contributed by atoms with E-state index >= 15 is 0 Å². The Balaban J connectivity index is 1.53. The molecule has 0 spiro atoms. The standard InChI is InChI=1S/C23H20N2O/c1-3-8-17(9-4-1)21-22(18-10-5-2-6-11-18)26-23(25-21)20-13-7-12-19(24-20)16-14-15-16/h1-13,16,21-22H,14-15H2. The van der Waals surface area contributed by atoms with Gasteiger partial charge < -0.3 is 4.74 Å². The van der Waals surface area contributed by atoms with E-state index in [1.54, 1.807) is 0 Å². The molecular formula is C23H20N2O. The highest BCUT2D eigenvalue weighted by atomic mass is 16.5. The Labute approximate surface area is 153 Å². The molecule has 2 aliphatic rings. The van der Waals surface area contributed by atoms with Crippen molar-refractivity contribution < 1.29 is 4.74 Å². The summed E-state index contributed by atoms with van der Waals surface area (Å²) in [6.07, 6.45) is 2.35. The lowest BCUT2D eigenvalue weighted by Gasteiger charge is -2.18. The van der Waals surface area contributed by atoms with E-state index in [0.717, 1.165) is 22.5 Å². The van der Waals surface area contributed by atoms with Crippen LogP contribution in [0.4, 0.5) is 0 Å². The molecule has 3 aromatic rings. The van der Waals surface area contributed by atoms with Crippen molar-refractivity contribution in [3.05, 3.63) is 101 Å². The summed E-state index contributed by atoms with van der Waals surface area (Å²) in [5.74, 6) is 1.27. The average Bonchev–Trinajstić information content (AvgIpc) is 3.48. The zero-order chi connectivity index (χ0) is 17.3. The zero-order valence-corrected chi connectivity index (χ0v) is 14.5. The van der Waals surface area contributed by atoms with Crippen LogP contribution >= 0.6 is 0 Å². The summed E-state index contributed by atoms with van der Waals surface area (Å²) in [6.45, 7) is 0. The molecule has 1 fully saturated rings. The van der Waals surface area contributed by atoms with Gasteiger partial charge in [-0.2, -0.15) is 0 Å². The van der Waals surface area contributed by atoms with Crippen LogP contribution in [0.25, 0.3) is 0 Å². The van der Waals surface area contributed by atoms with Crippen LogP contribution in [0.2, 0.25) is 0 Å². The van der Waals surface area contributed by atoms with Crippen molar-refractivity contribution in [3.8, 4) is 0 Å². The molecule has 1 aliphatic heterocycles. The van der Waals surface area contributed by atoms with Gasteiger partial charge in [0.1, 0.15) is 11.7 Å². The predicted molar refractivity (Wildman–Crippen MR) is 102 cm³/mol. The number of ether oxygens (including phenoxy) is 1. The summed E-state index contributed by atoms with van der Waals surface area (Å²) in [7, 11) is 0. The Morgan fingerprint density at radius 2 is 1.42 bits per heavy atom. The first-order valence-electron chi connectivity index (χ1n) is 9.20. The van der Waals surface area contributed by atoms with Crippen LogP contribution in [0.3, 0.4) is 0 Å². The number of aromatic nitrogens is 1. The lowest BCUT2D eigenvalue weighted by molar-refractivity contribution is 0.196. The Hall–Kier alpha value is -2.94. The largest absolute Gasteiger partial charge is 0.465 e. The summed E-state index contributed by atoms with van der Waals surface area (Å²) >= 11 is 0. The van der Waals surface area contributed by atoms with Crippen molar-refractivity contribution in [1.82, 2.24) is 4.98 Å². The average molecular weight is 340 g/mol. The van der Waals surface area contributed by atoms with Gasteiger partial charge in [0.2, 0.25) is 5.90 Å². The van der Waals surface area contributed by atoms with E-state index in [1.807, 2.05) is 30.3 Å². The maximum absolute atomic E-state index is 6.34. The molecule has 128 valence electrons. The third kappa shape index (κ3) is 2.90. The molecule has 3 heteroatoms. The normalized spacial score (nSPS) is 21.9.